The average Bonchev–Trinajstić information content (AvgIpc) is 1.53. The van der Waals surface area contributed by atoms with E-state index in [9.17, 15) is 9.59 Å². The topological polar surface area (TPSA) is 66.4 Å². The van der Waals surface area contributed by atoms with Crippen molar-refractivity contribution >= 4 is 11.9 Å². The summed E-state index contributed by atoms with van der Waals surface area (Å²) >= 11 is 0. The number of carbonyl (C=O) groups is 2. The van der Waals surface area contributed by atoms with Crippen molar-refractivity contribution in [1.82, 2.24) is 5.32 Å². The van der Waals surface area contributed by atoms with E-state index in [4.69, 9.17) is 5.11 Å². The van der Waals surface area contributed by atoms with Gasteiger partial charge in [-0.2, -0.15) is 0 Å². The van der Waals surface area contributed by atoms with Gasteiger partial charge in [0.05, 0.1) is 0 Å². The molecule has 0 saturated carbocycles. The molecule has 0 aromatic rings. The van der Waals surface area contributed by atoms with E-state index in [0.29, 0.717) is 0 Å². The fourth-order valence-corrected chi connectivity index (χ4v) is 0.600. The van der Waals surface area contributed by atoms with E-state index in [1.165, 1.54) is 0 Å². The lowest BCUT2D eigenvalue weighted by molar-refractivity contribution is -0.141. The molecule has 2 N–H and O–H groups in total. The van der Waals surface area contributed by atoms with Gasteiger partial charge in [-0.15, -0.1) is 0 Å². The lowest BCUT2D eigenvalue weighted by atomic mass is 10.1. The maximum atomic E-state index is 10.8. The fourth-order valence-electron chi connectivity index (χ4n) is 0.600. The molecule has 0 heterocycles. The van der Waals surface area contributed by atoms with Crippen LogP contribution in [-0.2, 0) is 9.59 Å². The van der Waals surface area contributed by atoms with Crippen molar-refractivity contribution in [1.29, 1.82) is 0 Å². The van der Waals surface area contributed by atoms with Gasteiger partial charge in [0.15, 0.2) is 0 Å². The van der Waals surface area contributed by atoms with E-state index in [-0.39, 0.29) is 5.54 Å². The molecule has 64 valence electrons. The van der Waals surface area contributed by atoms with E-state index in [0.717, 1.165) is 0 Å². The monoisotopic (exact) mass is 159 g/mol. The Morgan fingerprint density at radius 2 is 1.82 bits per heavy atom. The summed E-state index contributed by atoms with van der Waals surface area (Å²) in [7, 11) is 0. The van der Waals surface area contributed by atoms with Crippen LogP contribution in [0.5, 0.6) is 0 Å². The molecule has 11 heavy (non-hydrogen) atoms. The highest BCUT2D eigenvalue weighted by atomic mass is 16.4. The van der Waals surface area contributed by atoms with Crippen LogP contribution in [0.1, 0.15) is 27.2 Å². The van der Waals surface area contributed by atoms with Crippen LogP contribution in [-0.4, -0.2) is 22.5 Å². The number of carbonyl (C=O) groups excluding carboxylic acids is 1. The Morgan fingerprint density at radius 3 is 2.09 bits per heavy atom. The predicted octanol–water partition coefficient (Wildman–Crippen LogP) is 0.376. The van der Waals surface area contributed by atoms with Crippen molar-refractivity contribution in [2.75, 3.05) is 0 Å². The molecule has 0 aromatic carbocycles. The molecule has 0 spiro atoms. The zero-order valence-electron chi connectivity index (χ0n) is 6.97. The van der Waals surface area contributed by atoms with Crippen LogP contribution in [0.25, 0.3) is 0 Å². The van der Waals surface area contributed by atoms with Gasteiger partial charge in [-0.05, 0) is 20.8 Å². The molecule has 4 nitrogen and oxygen atoms in total. The number of hydrogen-bond acceptors (Lipinski definition) is 2. The molecule has 0 unspecified atom stereocenters. The van der Waals surface area contributed by atoms with Crippen LogP contribution in [0.4, 0.5) is 0 Å². The van der Waals surface area contributed by atoms with E-state index in [1.807, 2.05) is 0 Å². The summed E-state index contributed by atoms with van der Waals surface area (Å²) < 4.78 is 0. The zero-order valence-corrected chi connectivity index (χ0v) is 6.97. The first-order valence-electron chi connectivity index (χ1n) is 3.34. The maximum Gasteiger partial charge on any atom is 0.312 e. The summed E-state index contributed by atoms with van der Waals surface area (Å²) in [5, 5.41) is 10.8. The molecule has 0 aliphatic carbocycles. The van der Waals surface area contributed by atoms with Crippen LogP contribution in [0.3, 0.4) is 0 Å². The van der Waals surface area contributed by atoms with Gasteiger partial charge in [0.1, 0.15) is 6.42 Å². The van der Waals surface area contributed by atoms with Gasteiger partial charge >= 0.3 is 5.97 Å². The molecular weight excluding hydrogens is 146 g/mol. The van der Waals surface area contributed by atoms with Crippen molar-refractivity contribution in [2.45, 2.75) is 32.7 Å². The second-order valence-electron chi connectivity index (χ2n) is 3.37. The number of nitrogens with one attached hydrogen (secondary N) is 1. The summed E-state index contributed by atoms with van der Waals surface area (Å²) in [6.07, 6.45) is -0.461. The third-order valence-corrected chi connectivity index (χ3v) is 0.826. The Hall–Kier alpha value is -1.06. The predicted molar refractivity (Wildman–Crippen MR) is 40.1 cm³/mol. The number of hydrogen-bond donors (Lipinski definition) is 2. The van der Waals surface area contributed by atoms with E-state index in [1.54, 1.807) is 20.8 Å². The molecule has 0 fully saturated rings. The van der Waals surface area contributed by atoms with Crippen molar-refractivity contribution in [3.8, 4) is 0 Å². The summed E-state index contributed by atoms with van der Waals surface area (Å²) in [6, 6.07) is 0. The maximum absolute atomic E-state index is 10.8. The average molecular weight is 159 g/mol. The third-order valence-electron chi connectivity index (χ3n) is 0.826. The van der Waals surface area contributed by atoms with Gasteiger partial charge in [-0.3, -0.25) is 9.59 Å². The summed E-state index contributed by atoms with van der Waals surface area (Å²) in [4.78, 5) is 20.8. The second-order valence-corrected chi connectivity index (χ2v) is 3.37. The Bertz CT molecular complexity index is 169. The standard InChI is InChI=1S/C7H13NO3/c1-7(2,3)8-5(9)4-6(10)11/h4H2,1-3H3,(H,8,9)(H,10,11). The van der Waals surface area contributed by atoms with Crippen molar-refractivity contribution < 1.29 is 14.7 Å². The van der Waals surface area contributed by atoms with Crippen LogP contribution in [0, 0.1) is 0 Å². The van der Waals surface area contributed by atoms with Gasteiger partial charge in [-0.1, -0.05) is 0 Å². The quantitative estimate of drug-likeness (QED) is 0.572. The fraction of sp³-hybridized carbons (Fsp3) is 0.714. The van der Waals surface area contributed by atoms with E-state index in [2.05, 4.69) is 5.32 Å². The van der Waals surface area contributed by atoms with E-state index < -0.39 is 18.3 Å². The number of aliphatic carboxylic acids is 1. The number of rotatable bonds is 2. The highest BCUT2D eigenvalue weighted by Crippen LogP contribution is 1.98. The minimum absolute atomic E-state index is 0.355. The molecule has 0 aliphatic rings. The van der Waals surface area contributed by atoms with Crippen LogP contribution < -0.4 is 5.32 Å². The largest absolute Gasteiger partial charge is 0.481 e. The molecule has 0 radical (unpaired) electrons. The summed E-state index contributed by atoms with van der Waals surface area (Å²) in [5.41, 5.74) is -0.355. The molecule has 0 saturated heterocycles. The second kappa shape index (κ2) is 3.37. The number of carboxylic acids is 1. The molecule has 4 heteroatoms. The van der Waals surface area contributed by atoms with Gasteiger partial charge in [-0.25, -0.2) is 0 Å². The molecular formula is C7H13NO3. The Balaban J connectivity index is 3.80. The van der Waals surface area contributed by atoms with Crippen LogP contribution in [0.15, 0.2) is 0 Å². The van der Waals surface area contributed by atoms with Gasteiger partial charge in [0, 0.05) is 5.54 Å². The van der Waals surface area contributed by atoms with Crippen molar-refractivity contribution in [3.05, 3.63) is 0 Å². The summed E-state index contributed by atoms with van der Waals surface area (Å²) in [5.74, 6) is -1.56. The lowest BCUT2D eigenvalue weighted by Crippen LogP contribution is -2.41. The molecule has 1 amide bonds. The van der Waals surface area contributed by atoms with Crippen molar-refractivity contribution in [3.63, 3.8) is 0 Å². The lowest BCUT2D eigenvalue weighted by Gasteiger charge is -2.19. The first-order chi connectivity index (χ1) is 4.81. The van der Waals surface area contributed by atoms with Gasteiger partial charge in [0.25, 0.3) is 0 Å². The van der Waals surface area contributed by atoms with Gasteiger partial charge < -0.3 is 10.4 Å². The zero-order chi connectivity index (χ0) is 9.07. The smallest absolute Gasteiger partial charge is 0.312 e. The first kappa shape index (κ1) is 9.94. The number of amides is 1. The van der Waals surface area contributed by atoms with Gasteiger partial charge in [0.2, 0.25) is 5.91 Å². The Labute approximate surface area is 65.6 Å². The summed E-state index contributed by atoms with van der Waals surface area (Å²) in [6.45, 7) is 5.40. The molecule has 0 aromatic heterocycles. The SMILES string of the molecule is CC(C)(C)NC(=O)CC(=O)O. The van der Waals surface area contributed by atoms with E-state index >= 15 is 0 Å². The number of carboxylic acid groups (broad SMARTS) is 1. The third kappa shape index (κ3) is 6.83. The Morgan fingerprint density at radius 1 is 1.36 bits per heavy atom. The minimum atomic E-state index is -1.10. The normalized spacial score (nSPS) is 10.8. The minimum Gasteiger partial charge on any atom is -0.481 e. The molecule has 0 aliphatic heterocycles. The molecule has 0 atom stereocenters. The van der Waals surface area contributed by atoms with Crippen LogP contribution in [0.2, 0.25) is 0 Å². The Kier molecular flexibility index (Phi) is 3.04. The highest BCUT2D eigenvalue weighted by Gasteiger charge is 2.15. The van der Waals surface area contributed by atoms with Crippen molar-refractivity contribution in [2.24, 2.45) is 0 Å². The molecule has 0 bridgehead atoms. The van der Waals surface area contributed by atoms with Crippen LogP contribution >= 0.6 is 0 Å². The first-order valence-corrected chi connectivity index (χ1v) is 3.34. The highest BCUT2D eigenvalue weighted by molar-refractivity contribution is 5.93. The molecule has 0 rings (SSSR count).